The summed E-state index contributed by atoms with van der Waals surface area (Å²) >= 11 is 0. The van der Waals surface area contributed by atoms with E-state index < -0.39 is 5.54 Å². The lowest BCUT2D eigenvalue weighted by atomic mass is 9.74. The van der Waals surface area contributed by atoms with Gasteiger partial charge in [0.1, 0.15) is 5.82 Å². The molecule has 4 rings (SSSR count). The Morgan fingerprint density at radius 2 is 1.93 bits per heavy atom. The highest BCUT2D eigenvalue weighted by molar-refractivity contribution is 5.76. The summed E-state index contributed by atoms with van der Waals surface area (Å²) < 4.78 is 13.4. The van der Waals surface area contributed by atoms with Crippen molar-refractivity contribution >= 4 is 6.03 Å². The standard InChI is InChI=1S/C22H22FN3O/c1-2-22(24)13-18(14-22)25-21(27)26-12-11-15-5-3-4-6-19(15)20(26)16-7-9-17(23)10-8-16/h1,3-10,18,20H,11-14,24H2,(H,25,27)/t18?,20-,22?/m0/s1. The van der Waals surface area contributed by atoms with E-state index in [1.54, 1.807) is 12.1 Å². The number of hydrogen-bond acceptors (Lipinski definition) is 2. The van der Waals surface area contributed by atoms with Crippen molar-refractivity contribution in [2.75, 3.05) is 6.54 Å². The fraction of sp³-hybridized carbons (Fsp3) is 0.318. The monoisotopic (exact) mass is 363 g/mol. The number of hydrogen-bond donors (Lipinski definition) is 2. The molecule has 0 aromatic heterocycles. The number of urea groups is 1. The van der Waals surface area contributed by atoms with Gasteiger partial charge in [0, 0.05) is 12.6 Å². The Hall–Kier alpha value is -2.84. The van der Waals surface area contributed by atoms with Gasteiger partial charge in [-0.25, -0.2) is 9.18 Å². The van der Waals surface area contributed by atoms with Gasteiger partial charge in [-0.2, -0.15) is 0 Å². The number of carbonyl (C=O) groups excluding carboxylic acids is 1. The van der Waals surface area contributed by atoms with Crippen LogP contribution in [-0.4, -0.2) is 29.1 Å². The molecule has 5 heteroatoms. The second-order valence-electron chi connectivity index (χ2n) is 7.45. The highest BCUT2D eigenvalue weighted by Crippen LogP contribution is 2.36. The Kier molecular flexibility index (Phi) is 4.37. The van der Waals surface area contributed by atoms with Gasteiger partial charge < -0.3 is 16.0 Å². The van der Waals surface area contributed by atoms with Crippen LogP contribution in [0, 0.1) is 18.2 Å². The average molecular weight is 363 g/mol. The number of amides is 2. The van der Waals surface area contributed by atoms with Crippen molar-refractivity contribution < 1.29 is 9.18 Å². The molecular formula is C22H22FN3O. The zero-order chi connectivity index (χ0) is 19.0. The summed E-state index contributed by atoms with van der Waals surface area (Å²) in [7, 11) is 0. The van der Waals surface area contributed by atoms with E-state index in [-0.39, 0.29) is 23.9 Å². The van der Waals surface area contributed by atoms with Crippen LogP contribution in [0.5, 0.6) is 0 Å². The van der Waals surface area contributed by atoms with E-state index in [4.69, 9.17) is 12.2 Å². The molecular weight excluding hydrogens is 341 g/mol. The number of terminal acetylenes is 1. The second-order valence-corrected chi connectivity index (χ2v) is 7.45. The quantitative estimate of drug-likeness (QED) is 0.806. The fourth-order valence-electron chi connectivity index (χ4n) is 4.09. The maximum Gasteiger partial charge on any atom is 0.318 e. The normalized spacial score (nSPS) is 26.5. The maximum absolute atomic E-state index is 13.4. The van der Waals surface area contributed by atoms with Crippen molar-refractivity contribution in [2.24, 2.45) is 5.73 Å². The number of rotatable bonds is 2. The minimum absolute atomic E-state index is 0.00964. The number of carbonyl (C=O) groups is 1. The van der Waals surface area contributed by atoms with Crippen molar-refractivity contribution in [3.63, 3.8) is 0 Å². The van der Waals surface area contributed by atoms with Crippen LogP contribution in [0.3, 0.4) is 0 Å². The Bertz CT molecular complexity index is 897. The van der Waals surface area contributed by atoms with E-state index in [0.717, 1.165) is 17.5 Å². The van der Waals surface area contributed by atoms with E-state index in [2.05, 4.69) is 17.3 Å². The van der Waals surface area contributed by atoms with Gasteiger partial charge in [-0.3, -0.25) is 0 Å². The number of nitrogens with one attached hydrogen (secondary N) is 1. The molecule has 138 valence electrons. The smallest absolute Gasteiger partial charge is 0.318 e. The minimum atomic E-state index is -0.608. The number of nitrogens with two attached hydrogens (primary N) is 1. The molecule has 1 aliphatic heterocycles. The van der Waals surface area contributed by atoms with Crippen LogP contribution in [0.15, 0.2) is 48.5 Å². The van der Waals surface area contributed by atoms with E-state index in [1.807, 2.05) is 23.1 Å². The highest BCUT2D eigenvalue weighted by atomic mass is 19.1. The van der Waals surface area contributed by atoms with Crippen LogP contribution in [0.25, 0.3) is 0 Å². The van der Waals surface area contributed by atoms with Gasteiger partial charge in [-0.15, -0.1) is 6.42 Å². The summed E-state index contributed by atoms with van der Waals surface area (Å²) in [5, 5.41) is 3.05. The molecule has 0 saturated heterocycles. The molecule has 2 aromatic carbocycles. The summed E-state index contributed by atoms with van der Waals surface area (Å²) in [4.78, 5) is 14.8. The molecule has 0 radical (unpaired) electrons. The lowest BCUT2D eigenvalue weighted by Gasteiger charge is -2.44. The van der Waals surface area contributed by atoms with Gasteiger partial charge in [-0.1, -0.05) is 42.3 Å². The van der Waals surface area contributed by atoms with E-state index in [9.17, 15) is 9.18 Å². The number of fused-ring (bicyclic) bond motifs is 1. The summed E-state index contributed by atoms with van der Waals surface area (Å²) in [5.41, 5.74) is 8.59. The molecule has 0 bridgehead atoms. The molecule has 1 heterocycles. The van der Waals surface area contributed by atoms with Crippen molar-refractivity contribution in [2.45, 2.75) is 36.9 Å². The Labute approximate surface area is 158 Å². The van der Waals surface area contributed by atoms with Gasteiger partial charge in [0.15, 0.2) is 0 Å². The average Bonchev–Trinajstić information content (AvgIpc) is 2.66. The van der Waals surface area contributed by atoms with Gasteiger partial charge in [0.05, 0.1) is 11.6 Å². The summed E-state index contributed by atoms with van der Waals surface area (Å²) in [5.74, 6) is 2.30. The van der Waals surface area contributed by atoms with Gasteiger partial charge in [0.2, 0.25) is 0 Å². The molecule has 3 N–H and O–H groups in total. The predicted molar refractivity (Wildman–Crippen MR) is 102 cm³/mol. The Morgan fingerprint density at radius 3 is 2.63 bits per heavy atom. The van der Waals surface area contributed by atoms with Crippen LogP contribution >= 0.6 is 0 Å². The minimum Gasteiger partial charge on any atom is -0.335 e. The number of nitrogens with zero attached hydrogens (tertiary/aromatic N) is 1. The molecule has 2 aliphatic rings. The van der Waals surface area contributed by atoms with E-state index >= 15 is 0 Å². The van der Waals surface area contributed by atoms with Crippen LogP contribution in [0.4, 0.5) is 9.18 Å². The molecule has 0 spiro atoms. The first-order valence-electron chi connectivity index (χ1n) is 9.16. The number of halogens is 1. The third-order valence-electron chi connectivity index (χ3n) is 5.57. The zero-order valence-electron chi connectivity index (χ0n) is 15.0. The molecule has 0 unspecified atom stereocenters. The Balaban J connectivity index is 1.60. The molecule has 2 aromatic rings. The van der Waals surface area contributed by atoms with Gasteiger partial charge in [0.25, 0.3) is 0 Å². The highest BCUT2D eigenvalue weighted by Gasteiger charge is 2.42. The van der Waals surface area contributed by atoms with Crippen LogP contribution in [0.1, 0.15) is 35.6 Å². The van der Waals surface area contributed by atoms with E-state index in [0.29, 0.717) is 19.4 Å². The maximum atomic E-state index is 13.4. The molecule has 27 heavy (non-hydrogen) atoms. The number of benzene rings is 2. The third kappa shape index (κ3) is 3.29. The van der Waals surface area contributed by atoms with E-state index in [1.165, 1.54) is 17.7 Å². The van der Waals surface area contributed by atoms with Crippen LogP contribution < -0.4 is 11.1 Å². The molecule has 1 fully saturated rings. The predicted octanol–water partition coefficient (Wildman–Crippen LogP) is 2.98. The molecule has 1 saturated carbocycles. The van der Waals surface area contributed by atoms with Crippen molar-refractivity contribution in [3.8, 4) is 12.3 Å². The molecule has 1 atom stereocenters. The van der Waals surface area contributed by atoms with Crippen molar-refractivity contribution in [3.05, 3.63) is 71.0 Å². The zero-order valence-corrected chi connectivity index (χ0v) is 15.0. The topological polar surface area (TPSA) is 58.4 Å². The largest absolute Gasteiger partial charge is 0.335 e. The summed E-state index contributed by atoms with van der Waals surface area (Å²) in [6.45, 7) is 0.598. The van der Waals surface area contributed by atoms with Crippen molar-refractivity contribution in [1.82, 2.24) is 10.2 Å². The second kappa shape index (κ2) is 6.71. The molecule has 4 nitrogen and oxygen atoms in total. The fourth-order valence-corrected chi connectivity index (χ4v) is 4.09. The SMILES string of the molecule is C#CC1(N)CC(NC(=O)N2CCc3ccccc3[C@@H]2c2ccc(F)cc2)C1. The lowest BCUT2D eigenvalue weighted by molar-refractivity contribution is 0.159. The Morgan fingerprint density at radius 1 is 1.22 bits per heavy atom. The summed E-state index contributed by atoms with van der Waals surface area (Å²) in [6.07, 6.45) is 7.40. The summed E-state index contributed by atoms with van der Waals surface area (Å²) in [6, 6.07) is 14.1. The van der Waals surface area contributed by atoms with Crippen LogP contribution in [-0.2, 0) is 6.42 Å². The van der Waals surface area contributed by atoms with Gasteiger partial charge in [-0.05, 0) is 48.1 Å². The molecule has 2 amide bonds. The van der Waals surface area contributed by atoms with Crippen LogP contribution in [0.2, 0.25) is 0 Å². The van der Waals surface area contributed by atoms with Crippen molar-refractivity contribution in [1.29, 1.82) is 0 Å². The first-order valence-corrected chi connectivity index (χ1v) is 9.16. The van der Waals surface area contributed by atoms with Gasteiger partial charge >= 0.3 is 6.03 Å². The lowest BCUT2D eigenvalue weighted by Crippen LogP contribution is -2.61. The first-order chi connectivity index (χ1) is 13.0. The molecule has 1 aliphatic carbocycles. The first kappa shape index (κ1) is 17.6. The third-order valence-corrected chi connectivity index (χ3v) is 5.57.